The molecule has 0 aliphatic carbocycles. The Hall–Kier alpha value is -2.87. The van der Waals surface area contributed by atoms with Gasteiger partial charge in [-0.25, -0.2) is 8.42 Å². The average Bonchev–Trinajstić information content (AvgIpc) is 2.80. The number of hydrogen-bond donors (Lipinski definition) is 1. The number of benzene rings is 2. The number of hydrogen-bond acceptors (Lipinski definition) is 4. The fourth-order valence-corrected chi connectivity index (χ4v) is 4.55. The number of likely N-dealkylation sites (N-methyl/N-ethyl adjacent to an activating group) is 1. The number of anilines is 1. The van der Waals surface area contributed by atoms with E-state index in [-0.39, 0.29) is 24.8 Å². The molecule has 0 bridgehead atoms. The summed E-state index contributed by atoms with van der Waals surface area (Å²) in [6, 6.07) is 16.3. The molecule has 1 N–H and O–H groups in total. The Morgan fingerprint density at radius 1 is 0.970 bits per heavy atom. The summed E-state index contributed by atoms with van der Waals surface area (Å²) in [4.78, 5) is 27.1. The Kier molecular flexibility index (Phi) is 9.91. The zero-order valence-corrected chi connectivity index (χ0v) is 20.8. The molecule has 2 amide bonds. The molecule has 8 heteroatoms. The van der Waals surface area contributed by atoms with Crippen molar-refractivity contribution < 1.29 is 18.0 Å². The van der Waals surface area contributed by atoms with Gasteiger partial charge in [-0.05, 0) is 49.9 Å². The van der Waals surface area contributed by atoms with Gasteiger partial charge in [-0.1, -0.05) is 49.4 Å². The zero-order chi connectivity index (χ0) is 24.4. The summed E-state index contributed by atoms with van der Waals surface area (Å²) >= 11 is 0. The summed E-state index contributed by atoms with van der Waals surface area (Å²) in [6.07, 6.45) is 2.51. The van der Waals surface area contributed by atoms with E-state index in [1.165, 1.54) is 10.6 Å². The molecule has 0 aliphatic heterocycles. The molecule has 7 nitrogen and oxygen atoms in total. The molecule has 0 saturated heterocycles. The van der Waals surface area contributed by atoms with Gasteiger partial charge >= 0.3 is 0 Å². The average molecular weight is 474 g/mol. The largest absolute Gasteiger partial charge is 0.355 e. The van der Waals surface area contributed by atoms with E-state index >= 15 is 0 Å². The third kappa shape index (κ3) is 7.89. The van der Waals surface area contributed by atoms with Crippen LogP contribution in [-0.4, -0.2) is 50.5 Å². The van der Waals surface area contributed by atoms with E-state index < -0.39 is 16.1 Å². The number of carbonyl (C=O) groups is 2. The van der Waals surface area contributed by atoms with Crippen molar-refractivity contribution in [2.24, 2.45) is 0 Å². The lowest BCUT2D eigenvalue weighted by Gasteiger charge is -2.29. The minimum Gasteiger partial charge on any atom is -0.355 e. The van der Waals surface area contributed by atoms with Crippen LogP contribution >= 0.6 is 0 Å². The number of sulfonamides is 1. The van der Waals surface area contributed by atoms with E-state index in [9.17, 15) is 18.0 Å². The molecule has 0 fully saturated rings. The molecule has 2 aromatic rings. The van der Waals surface area contributed by atoms with Crippen LogP contribution in [0.3, 0.4) is 0 Å². The number of aryl methyl sites for hydroxylation is 1. The highest BCUT2D eigenvalue weighted by molar-refractivity contribution is 7.92. The van der Waals surface area contributed by atoms with E-state index in [2.05, 4.69) is 5.32 Å². The number of amides is 2. The Bertz CT molecular complexity index is 1010. The van der Waals surface area contributed by atoms with Crippen LogP contribution in [0.5, 0.6) is 0 Å². The Balaban J connectivity index is 2.12. The topological polar surface area (TPSA) is 86.8 Å². The third-order valence-corrected chi connectivity index (χ3v) is 6.69. The molecule has 0 radical (unpaired) electrons. The predicted molar refractivity (Wildman–Crippen MR) is 132 cm³/mol. The maximum atomic E-state index is 13.1. The van der Waals surface area contributed by atoms with Gasteiger partial charge in [0, 0.05) is 26.1 Å². The van der Waals surface area contributed by atoms with Gasteiger partial charge in [0.15, 0.2) is 0 Å². The summed E-state index contributed by atoms with van der Waals surface area (Å²) in [5.74, 6) is -0.400. The third-order valence-electron chi connectivity index (χ3n) is 5.50. The van der Waals surface area contributed by atoms with Crippen LogP contribution in [0.2, 0.25) is 0 Å². The fourth-order valence-electron chi connectivity index (χ4n) is 3.59. The molecule has 0 heterocycles. The molecule has 0 spiro atoms. The summed E-state index contributed by atoms with van der Waals surface area (Å²) in [6.45, 7) is 6.57. The van der Waals surface area contributed by atoms with Crippen molar-refractivity contribution in [3.05, 3.63) is 65.7 Å². The maximum Gasteiger partial charge on any atom is 0.242 e. The smallest absolute Gasteiger partial charge is 0.242 e. The molecule has 0 aliphatic rings. The highest BCUT2D eigenvalue weighted by Gasteiger charge is 2.26. The predicted octanol–water partition coefficient (Wildman–Crippen LogP) is 3.35. The second kappa shape index (κ2) is 12.4. The highest BCUT2D eigenvalue weighted by atomic mass is 32.2. The van der Waals surface area contributed by atoms with Gasteiger partial charge < -0.3 is 10.2 Å². The minimum atomic E-state index is -3.50. The standard InChI is InChI=1S/C25H35N3O4S/c1-5-21-14-16-23(17-15-21)28(33(4,31)32)18-10-13-24(29)27(20(3)25(30)26-6-2)19-22-11-8-7-9-12-22/h7-9,11-12,14-17,20H,5-6,10,13,18-19H2,1-4H3,(H,26,30). The minimum absolute atomic E-state index is 0.135. The van der Waals surface area contributed by atoms with Crippen LogP contribution in [0.4, 0.5) is 5.69 Å². The lowest BCUT2D eigenvalue weighted by Crippen LogP contribution is -2.47. The Morgan fingerprint density at radius 2 is 1.61 bits per heavy atom. The van der Waals surface area contributed by atoms with Gasteiger partial charge in [-0.3, -0.25) is 13.9 Å². The SMILES string of the molecule is CCNC(=O)C(C)N(Cc1ccccc1)C(=O)CCCN(c1ccc(CC)cc1)S(C)(=O)=O. The van der Waals surface area contributed by atoms with Crippen LogP contribution < -0.4 is 9.62 Å². The van der Waals surface area contributed by atoms with Crippen molar-refractivity contribution in [1.29, 1.82) is 0 Å². The number of nitrogens with zero attached hydrogens (tertiary/aromatic N) is 2. The summed E-state index contributed by atoms with van der Waals surface area (Å²) in [7, 11) is -3.50. The highest BCUT2D eigenvalue weighted by Crippen LogP contribution is 2.20. The molecule has 2 aromatic carbocycles. The van der Waals surface area contributed by atoms with Crippen LogP contribution in [0.25, 0.3) is 0 Å². The lowest BCUT2D eigenvalue weighted by atomic mass is 10.1. The Labute approximate surface area is 197 Å². The second-order valence-electron chi connectivity index (χ2n) is 8.04. The van der Waals surface area contributed by atoms with Gasteiger partial charge in [0.1, 0.15) is 6.04 Å². The van der Waals surface area contributed by atoms with E-state index in [1.807, 2.05) is 56.3 Å². The Morgan fingerprint density at radius 3 is 2.15 bits per heavy atom. The molecule has 0 aromatic heterocycles. The lowest BCUT2D eigenvalue weighted by molar-refractivity contribution is -0.140. The van der Waals surface area contributed by atoms with E-state index in [4.69, 9.17) is 0 Å². The number of rotatable bonds is 12. The number of carbonyl (C=O) groups excluding carboxylic acids is 2. The first-order valence-electron chi connectivity index (χ1n) is 11.3. The molecular formula is C25H35N3O4S. The van der Waals surface area contributed by atoms with Crippen molar-refractivity contribution in [1.82, 2.24) is 10.2 Å². The molecule has 180 valence electrons. The molecule has 33 heavy (non-hydrogen) atoms. The van der Waals surface area contributed by atoms with Crippen molar-refractivity contribution in [2.75, 3.05) is 23.7 Å². The van der Waals surface area contributed by atoms with Gasteiger partial charge in [-0.15, -0.1) is 0 Å². The monoisotopic (exact) mass is 473 g/mol. The summed E-state index contributed by atoms with van der Waals surface area (Å²) in [5, 5.41) is 2.77. The van der Waals surface area contributed by atoms with Gasteiger partial charge in [0.05, 0.1) is 11.9 Å². The molecule has 1 unspecified atom stereocenters. The summed E-state index contributed by atoms with van der Waals surface area (Å²) in [5.41, 5.74) is 2.63. The molecule has 0 saturated carbocycles. The first kappa shape index (κ1) is 26.4. The molecule has 1 atom stereocenters. The van der Waals surface area contributed by atoms with E-state index in [1.54, 1.807) is 24.0 Å². The van der Waals surface area contributed by atoms with E-state index in [0.717, 1.165) is 17.5 Å². The quantitative estimate of drug-likeness (QED) is 0.512. The van der Waals surface area contributed by atoms with Gasteiger partial charge in [0.25, 0.3) is 0 Å². The van der Waals surface area contributed by atoms with Crippen LogP contribution in [0.15, 0.2) is 54.6 Å². The summed E-state index contributed by atoms with van der Waals surface area (Å²) < 4.78 is 26.1. The number of nitrogens with one attached hydrogen (secondary N) is 1. The fraction of sp³-hybridized carbons (Fsp3) is 0.440. The molecule has 2 rings (SSSR count). The zero-order valence-electron chi connectivity index (χ0n) is 20.0. The van der Waals surface area contributed by atoms with E-state index in [0.29, 0.717) is 25.2 Å². The normalized spacial score (nSPS) is 12.1. The molecular weight excluding hydrogens is 438 g/mol. The first-order valence-corrected chi connectivity index (χ1v) is 13.2. The van der Waals surface area contributed by atoms with Gasteiger partial charge in [0.2, 0.25) is 21.8 Å². The second-order valence-corrected chi connectivity index (χ2v) is 9.94. The van der Waals surface area contributed by atoms with Crippen molar-refractivity contribution >= 4 is 27.5 Å². The van der Waals surface area contributed by atoms with Crippen LogP contribution in [0, 0.1) is 0 Å². The van der Waals surface area contributed by atoms with Crippen LogP contribution in [-0.2, 0) is 32.6 Å². The van der Waals surface area contributed by atoms with Crippen molar-refractivity contribution in [3.63, 3.8) is 0 Å². The maximum absolute atomic E-state index is 13.1. The van der Waals surface area contributed by atoms with Crippen molar-refractivity contribution in [3.8, 4) is 0 Å². The first-order chi connectivity index (χ1) is 15.7. The van der Waals surface area contributed by atoms with Crippen LogP contribution in [0.1, 0.15) is 44.7 Å². The van der Waals surface area contributed by atoms with Gasteiger partial charge in [-0.2, -0.15) is 0 Å². The van der Waals surface area contributed by atoms with Crippen molar-refractivity contribution in [2.45, 2.75) is 52.6 Å².